The second kappa shape index (κ2) is 8.98. The van der Waals surface area contributed by atoms with E-state index in [1.807, 2.05) is 19.3 Å². The van der Waals surface area contributed by atoms with Crippen molar-refractivity contribution >= 4 is 5.96 Å². The second-order valence-electron chi connectivity index (χ2n) is 6.33. The molecule has 2 aromatic carbocycles. The van der Waals surface area contributed by atoms with Crippen molar-refractivity contribution in [3.05, 3.63) is 89.3 Å². The van der Waals surface area contributed by atoms with Gasteiger partial charge in [-0.2, -0.15) is 0 Å². The molecular weight excluding hydrogens is 341 g/mol. The monoisotopic (exact) mass is 365 g/mol. The van der Waals surface area contributed by atoms with Gasteiger partial charge in [0.05, 0.1) is 0 Å². The largest absolute Gasteiger partial charge is 0.352 e. The molecule has 27 heavy (non-hydrogen) atoms. The number of aryl methyl sites for hydroxylation is 1. The molecule has 0 aliphatic carbocycles. The Balaban J connectivity index is 1.54. The molecule has 0 spiro atoms. The van der Waals surface area contributed by atoms with Crippen molar-refractivity contribution in [1.82, 2.24) is 20.2 Å². The van der Waals surface area contributed by atoms with Gasteiger partial charge in [0.2, 0.25) is 0 Å². The number of hydrogen-bond acceptors (Lipinski definition) is 2. The van der Waals surface area contributed by atoms with Gasteiger partial charge in [-0.25, -0.2) is 9.37 Å². The number of benzene rings is 2. The third kappa shape index (κ3) is 5.41. The van der Waals surface area contributed by atoms with Crippen LogP contribution in [0, 0.1) is 12.7 Å². The smallest absolute Gasteiger partial charge is 0.191 e. The highest BCUT2D eigenvalue weighted by Gasteiger charge is 2.03. The van der Waals surface area contributed by atoms with Gasteiger partial charge < -0.3 is 15.2 Å². The molecule has 0 fully saturated rings. The molecule has 0 atom stereocenters. The van der Waals surface area contributed by atoms with Gasteiger partial charge in [0.15, 0.2) is 5.96 Å². The number of guanidine groups is 1. The summed E-state index contributed by atoms with van der Waals surface area (Å²) in [6.45, 7) is 4.05. The molecule has 0 bridgehead atoms. The van der Waals surface area contributed by atoms with E-state index < -0.39 is 0 Å². The summed E-state index contributed by atoms with van der Waals surface area (Å²) in [5.74, 6) is 1.48. The summed E-state index contributed by atoms with van der Waals surface area (Å²) in [5, 5.41) is 6.55. The lowest BCUT2D eigenvalue weighted by atomic mass is 10.1. The molecule has 0 saturated carbocycles. The Bertz CT molecular complexity index is 899. The molecule has 3 rings (SSSR count). The van der Waals surface area contributed by atoms with Crippen LogP contribution < -0.4 is 10.6 Å². The Hall–Kier alpha value is -3.15. The highest BCUT2D eigenvalue weighted by atomic mass is 19.1. The first-order valence-electron chi connectivity index (χ1n) is 8.88. The fraction of sp³-hybridized carbons (Fsp3) is 0.238. The van der Waals surface area contributed by atoms with Crippen LogP contribution in [0.3, 0.4) is 0 Å². The van der Waals surface area contributed by atoms with Crippen LogP contribution in [0.2, 0.25) is 0 Å². The number of nitrogens with one attached hydrogen (secondary N) is 2. The van der Waals surface area contributed by atoms with Crippen LogP contribution in [-0.2, 0) is 19.6 Å². The van der Waals surface area contributed by atoms with E-state index >= 15 is 0 Å². The summed E-state index contributed by atoms with van der Waals surface area (Å²) in [7, 11) is 1.73. The van der Waals surface area contributed by atoms with E-state index in [4.69, 9.17) is 0 Å². The fourth-order valence-corrected chi connectivity index (χ4v) is 2.80. The van der Waals surface area contributed by atoms with Crippen molar-refractivity contribution in [1.29, 1.82) is 0 Å². The lowest BCUT2D eigenvalue weighted by Crippen LogP contribution is -2.36. The molecule has 1 heterocycles. The van der Waals surface area contributed by atoms with Crippen molar-refractivity contribution in [3.8, 4) is 0 Å². The maximum atomic E-state index is 13.0. The van der Waals surface area contributed by atoms with E-state index in [0.717, 1.165) is 17.9 Å². The van der Waals surface area contributed by atoms with Gasteiger partial charge >= 0.3 is 0 Å². The van der Waals surface area contributed by atoms with E-state index in [1.54, 1.807) is 19.2 Å². The molecule has 6 heteroatoms. The fourth-order valence-electron chi connectivity index (χ4n) is 2.80. The minimum Gasteiger partial charge on any atom is -0.352 e. The van der Waals surface area contributed by atoms with Crippen molar-refractivity contribution in [2.45, 2.75) is 26.6 Å². The maximum absolute atomic E-state index is 13.0. The molecule has 1 aromatic heterocycles. The molecule has 0 unspecified atom stereocenters. The topological polar surface area (TPSA) is 54.2 Å². The number of imidazole rings is 1. The summed E-state index contributed by atoms with van der Waals surface area (Å²) < 4.78 is 15.1. The Morgan fingerprint density at radius 3 is 2.41 bits per heavy atom. The molecule has 0 amide bonds. The summed E-state index contributed by atoms with van der Waals surface area (Å²) in [6.07, 6.45) is 3.80. The molecule has 0 saturated heterocycles. The van der Waals surface area contributed by atoms with Crippen LogP contribution in [0.5, 0.6) is 0 Å². The normalized spacial score (nSPS) is 11.4. The SMILES string of the molecule is CN=C(NCc1ccc(F)cc1)NCc1cccc(Cn2ccnc2C)c1. The third-order valence-corrected chi connectivity index (χ3v) is 4.32. The Morgan fingerprint density at radius 2 is 1.74 bits per heavy atom. The van der Waals surface area contributed by atoms with Crippen molar-refractivity contribution in [3.63, 3.8) is 0 Å². The van der Waals surface area contributed by atoms with Crippen LogP contribution in [-0.4, -0.2) is 22.6 Å². The molecule has 0 aliphatic rings. The van der Waals surface area contributed by atoms with Gasteiger partial charge in [0.1, 0.15) is 11.6 Å². The van der Waals surface area contributed by atoms with Gasteiger partial charge in [0, 0.05) is 39.1 Å². The number of hydrogen-bond donors (Lipinski definition) is 2. The number of rotatable bonds is 6. The average Bonchev–Trinajstić information content (AvgIpc) is 3.08. The number of nitrogens with zero attached hydrogens (tertiary/aromatic N) is 3. The van der Waals surface area contributed by atoms with Crippen LogP contribution >= 0.6 is 0 Å². The van der Waals surface area contributed by atoms with Crippen molar-refractivity contribution in [2.24, 2.45) is 4.99 Å². The van der Waals surface area contributed by atoms with E-state index in [1.165, 1.54) is 23.3 Å². The standard InChI is InChI=1S/C21H24FN5/c1-16-24-10-11-27(16)15-19-5-3-4-18(12-19)14-26-21(23-2)25-13-17-6-8-20(22)9-7-17/h3-12H,13-15H2,1-2H3,(H2,23,25,26). The minimum atomic E-state index is -0.230. The predicted molar refractivity (Wildman–Crippen MR) is 106 cm³/mol. The van der Waals surface area contributed by atoms with Crippen LogP contribution in [0.15, 0.2) is 65.9 Å². The Labute approximate surface area is 159 Å². The molecular formula is C21H24FN5. The summed E-state index contributed by atoms with van der Waals surface area (Å²) in [5.41, 5.74) is 3.40. The van der Waals surface area contributed by atoms with Crippen LogP contribution in [0.1, 0.15) is 22.5 Å². The molecule has 140 valence electrons. The van der Waals surface area contributed by atoms with Crippen molar-refractivity contribution in [2.75, 3.05) is 7.05 Å². The maximum Gasteiger partial charge on any atom is 0.191 e. The summed E-state index contributed by atoms with van der Waals surface area (Å²) in [6, 6.07) is 14.9. The van der Waals surface area contributed by atoms with E-state index in [9.17, 15) is 4.39 Å². The third-order valence-electron chi connectivity index (χ3n) is 4.32. The summed E-state index contributed by atoms with van der Waals surface area (Å²) >= 11 is 0. The van der Waals surface area contributed by atoms with Crippen LogP contribution in [0.25, 0.3) is 0 Å². The zero-order valence-corrected chi connectivity index (χ0v) is 15.6. The van der Waals surface area contributed by atoms with Gasteiger partial charge in [0.25, 0.3) is 0 Å². The lowest BCUT2D eigenvalue weighted by molar-refractivity contribution is 0.626. The van der Waals surface area contributed by atoms with E-state index in [2.05, 4.69) is 49.4 Å². The molecule has 5 nitrogen and oxygen atoms in total. The average molecular weight is 365 g/mol. The van der Waals surface area contributed by atoms with Gasteiger partial charge in [-0.15, -0.1) is 0 Å². The lowest BCUT2D eigenvalue weighted by Gasteiger charge is -2.13. The number of aliphatic imine (C=N–C) groups is 1. The Kier molecular flexibility index (Phi) is 6.20. The molecule has 3 aromatic rings. The highest BCUT2D eigenvalue weighted by Crippen LogP contribution is 2.09. The second-order valence-corrected chi connectivity index (χ2v) is 6.33. The quantitative estimate of drug-likeness (QED) is 0.521. The van der Waals surface area contributed by atoms with E-state index in [0.29, 0.717) is 19.0 Å². The molecule has 0 radical (unpaired) electrons. The van der Waals surface area contributed by atoms with Gasteiger partial charge in [-0.3, -0.25) is 4.99 Å². The number of halogens is 1. The zero-order chi connectivity index (χ0) is 19.1. The predicted octanol–water partition coefficient (Wildman–Crippen LogP) is 3.24. The first-order valence-corrected chi connectivity index (χ1v) is 8.88. The summed E-state index contributed by atoms with van der Waals surface area (Å²) in [4.78, 5) is 8.50. The number of aromatic nitrogens is 2. The van der Waals surface area contributed by atoms with Crippen LogP contribution in [0.4, 0.5) is 4.39 Å². The highest BCUT2D eigenvalue weighted by molar-refractivity contribution is 5.79. The van der Waals surface area contributed by atoms with Gasteiger partial charge in [-0.1, -0.05) is 36.4 Å². The van der Waals surface area contributed by atoms with E-state index in [-0.39, 0.29) is 5.82 Å². The van der Waals surface area contributed by atoms with Gasteiger partial charge in [-0.05, 0) is 35.7 Å². The minimum absolute atomic E-state index is 0.230. The molecule has 0 aliphatic heterocycles. The first kappa shape index (κ1) is 18.6. The van der Waals surface area contributed by atoms with Crippen molar-refractivity contribution < 1.29 is 4.39 Å². The zero-order valence-electron chi connectivity index (χ0n) is 15.6. The Morgan fingerprint density at radius 1 is 1.04 bits per heavy atom. The first-order chi connectivity index (χ1) is 13.1. The molecule has 2 N–H and O–H groups in total.